The second kappa shape index (κ2) is 5.42. The van der Waals surface area contributed by atoms with Gasteiger partial charge in [-0.2, -0.15) is 0 Å². The molecule has 0 saturated carbocycles. The first-order chi connectivity index (χ1) is 8.52. The highest BCUT2D eigenvalue weighted by atomic mass is 32.2. The highest BCUT2D eigenvalue weighted by molar-refractivity contribution is 7.91. The average Bonchev–Trinajstić information content (AvgIpc) is 2.70. The molecule has 1 unspecified atom stereocenters. The van der Waals surface area contributed by atoms with Crippen LogP contribution in [0.25, 0.3) is 0 Å². The van der Waals surface area contributed by atoms with E-state index in [2.05, 4.69) is 10.2 Å². The Kier molecular flexibility index (Phi) is 4.09. The fourth-order valence-electron chi connectivity index (χ4n) is 2.31. The Morgan fingerprint density at radius 2 is 2.33 bits per heavy atom. The normalized spacial score (nSPS) is 24.2. The second-order valence-corrected chi connectivity index (χ2v) is 7.06. The van der Waals surface area contributed by atoms with E-state index >= 15 is 0 Å². The van der Waals surface area contributed by atoms with Gasteiger partial charge in [0.25, 0.3) is 0 Å². The van der Waals surface area contributed by atoms with Crippen LogP contribution in [0.3, 0.4) is 0 Å². The van der Waals surface area contributed by atoms with Crippen molar-refractivity contribution in [3.05, 3.63) is 23.7 Å². The lowest BCUT2D eigenvalue weighted by Gasteiger charge is -2.32. The molecule has 0 aliphatic carbocycles. The summed E-state index contributed by atoms with van der Waals surface area (Å²) in [7, 11) is -0.953. The highest BCUT2D eigenvalue weighted by Gasteiger charge is 2.28. The van der Waals surface area contributed by atoms with Gasteiger partial charge in [-0.3, -0.25) is 4.90 Å². The first-order valence-corrected chi connectivity index (χ1v) is 7.98. The van der Waals surface area contributed by atoms with Crippen LogP contribution >= 0.6 is 0 Å². The van der Waals surface area contributed by atoms with Crippen molar-refractivity contribution in [3.63, 3.8) is 0 Å². The van der Waals surface area contributed by atoms with Crippen molar-refractivity contribution in [3.8, 4) is 0 Å². The molecular weight excluding hydrogens is 252 g/mol. The third kappa shape index (κ3) is 3.13. The molecule has 1 atom stereocenters. The zero-order valence-electron chi connectivity index (χ0n) is 10.8. The predicted molar refractivity (Wildman–Crippen MR) is 70.0 cm³/mol. The van der Waals surface area contributed by atoms with Crippen LogP contribution in [0.15, 0.2) is 16.7 Å². The maximum Gasteiger partial charge on any atom is 0.153 e. The average molecular weight is 272 g/mol. The SMILES string of the molecule is CNCc1ccoc1CN1CCS(=O)(=O)CC1C. The molecule has 0 aromatic carbocycles. The lowest BCUT2D eigenvalue weighted by atomic mass is 10.2. The topological polar surface area (TPSA) is 62.6 Å². The van der Waals surface area contributed by atoms with E-state index in [1.807, 2.05) is 20.0 Å². The van der Waals surface area contributed by atoms with Crippen molar-refractivity contribution < 1.29 is 12.8 Å². The van der Waals surface area contributed by atoms with Crippen LogP contribution in [-0.2, 0) is 22.9 Å². The first kappa shape index (κ1) is 13.6. The summed E-state index contributed by atoms with van der Waals surface area (Å²) in [5, 5.41) is 3.10. The molecule has 1 aliphatic rings. The Balaban J connectivity index is 2.03. The summed E-state index contributed by atoms with van der Waals surface area (Å²) in [4.78, 5) is 2.17. The van der Waals surface area contributed by atoms with Gasteiger partial charge < -0.3 is 9.73 Å². The Morgan fingerprint density at radius 3 is 3.00 bits per heavy atom. The fourth-order valence-corrected chi connectivity index (χ4v) is 3.93. The van der Waals surface area contributed by atoms with Crippen molar-refractivity contribution >= 4 is 9.84 Å². The Labute approximate surface area is 108 Å². The van der Waals surface area contributed by atoms with E-state index in [1.54, 1.807) is 6.26 Å². The molecule has 6 heteroatoms. The molecule has 1 aromatic rings. The van der Waals surface area contributed by atoms with E-state index < -0.39 is 9.84 Å². The van der Waals surface area contributed by atoms with Gasteiger partial charge in [0.2, 0.25) is 0 Å². The maximum atomic E-state index is 11.5. The minimum atomic E-state index is -2.85. The van der Waals surface area contributed by atoms with E-state index in [0.29, 0.717) is 13.1 Å². The smallest absolute Gasteiger partial charge is 0.153 e. The van der Waals surface area contributed by atoms with Crippen molar-refractivity contribution in [2.45, 2.75) is 26.1 Å². The molecule has 0 amide bonds. The van der Waals surface area contributed by atoms with Gasteiger partial charge in [0.05, 0.1) is 24.3 Å². The number of sulfone groups is 1. The summed E-state index contributed by atoms with van der Waals surface area (Å²) in [6, 6.07) is 2.01. The van der Waals surface area contributed by atoms with Gasteiger partial charge in [0.1, 0.15) is 5.76 Å². The molecule has 0 bridgehead atoms. The van der Waals surface area contributed by atoms with Crippen molar-refractivity contribution in [1.29, 1.82) is 0 Å². The quantitative estimate of drug-likeness (QED) is 0.870. The minimum Gasteiger partial charge on any atom is -0.468 e. The molecule has 102 valence electrons. The number of hydrogen-bond donors (Lipinski definition) is 1. The number of furan rings is 1. The molecule has 18 heavy (non-hydrogen) atoms. The maximum absolute atomic E-state index is 11.5. The first-order valence-electron chi connectivity index (χ1n) is 6.16. The van der Waals surface area contributed by atoms with Crippen LogP contribution in [0, 0.1) is 0 Å². The lowest BCUT2D eigenvalue weighted by molar-refractivity contribution is 0.200. The van der Waals surface area contributed by atoms with Crippen molar-refractivity contribution in [2.24, 2.45) is 0 Å². The summed E-state index contributed by atoms with van der Waals surface area (Å²) >= 11 is 0. The Morgan fingerprint density at radius 1 is 1.56 bits per heavy atom. The second-order valence-electron chi connectivity index (χ2n) is 4.83. The van der Waals surface area contributed by atoms with E-state index in [0.717, 1.165) is 17.9 Å². The molecule has 1 N–H and O–H groups in total. The zero-order valence-corrected chi connectivity index (χ0v) is 11.7. The van der Waals surface area contributed by atoms with Crippen LogP contribution in [0.2, 0.25) is 0 Å². The summed E-state index contributed by atoms with van der Waals surface area (Å²) in [6.45, 7) is 3.99. The summed E-state index contributed by atoms with van der Waals surface area (Å²) in [5.74, 6) is 1.42. The third-order valence-electron chi connectivity index (χ3n) is 3.36. The Hall–Kier alpha value is -0.850. The molecule has 1 saturated heterocycles. The molecule has 1 aromatic heterocycles. The minimum absolute atomic E-state index is 0.0521. The van der Waals surface area contributed by atoms with Crippen LogP contribution < -0.4 is 5.32 Å². The van der Waals surface area contributed by atoms with Crippen LogP contribution in [0.5, 0.6) is 0 Å². The Bertz CT molecular complexity index is 495. The van der Waals surface area contributed by atoms with E-state index in [1.165, 1.54) is 0 Å². The number of rotatable bonds is 4. The van der Waals surface area contributed by atoms with Gasteiger partial charge in [-0.15, -0.1) is 0 Å². The van der Waals surface area contributed by atoms with Gasteiger partial charge in [0, 0.05) is 24.7 Å². The molecule has 5 nitrogen and oxygen atoms in total. The van der Waals surface area contributed by atoms with Crippen LogP contribution in [-0.4, -0.2) is 44.5 Å². The number of nitrogens with zero attached hydrogens (tertiary/aromatic N) is 1. The van der Waals surface area contributed by atoms with Gasteiger partial charge >= 0.3 is 0 Å². The van der Waals surface area contributed by atoms with Gasteiger partial charge in [-0.05, 0) is 20.0 Å². The lowest BCUT2D eigenvalue weighted by Crippen LogP contribution is -2.46. The standard InChI is InChI=1S/C12H20N2O3S/c1-10-9-18(15,16)6-4-14(10)8-12-11(7-13-2)3-5-17-12/h3,5,10,13H,4,6-9H2,1-2H3. The summed E-state index contributed by atoms with van der Waals surface area (Å²) in [6.07, 6.45) is 1.69. The third-order valence-corrected chi connectivity index (χ3v) is 5.15. The van der Waals surface area contributed by atoms with Gasteiger partial charge in [-0.1, -0.05) is 0 Å². The summed E-state index contributed by atoms with van der Waals surface area (Å²) < 4.78 is 28.5. The van der Waals surface area contributed by atoms with Crippen molar-refractivity contribution in [1.82, 2.24) is 10.2 Å². The largest absolute Gasteiger partial charge is 0.468 e. The monoisotopic (exact) mass is 272 g/mol. The molecule has 1 aliphatic heterocycles. The summed E-state index contributed by atoms with van der Waals surface area (Å²) in [5.41, 5.74) is 1.14. The van der Waals surface area contributed by atoms with E-state index in [9.17, 15) is 8.42 Å². The molecule has 1 fully saturated rings. The van der Waals surface area contributed by atoms with Crippen LogP contribution in [0.1, 0.15) is 18.2 Å². The zero-order chi connectivity index (χ0) is 13.2. The molecule has 0 spiro atoms. The van der Waals surface area contributed by atoms with Crippen molar-refractivity contribution in [2.75, 3.05) is 25.1 Å². The molecular formula is C12H20N2O3S. The molecule has 2 heterocycles. The van der Waals surface area contributed by atoms with Gasteiger partial charge in [0.15, 0.2) is 9.84 Å². The molecule has 2 rings (SSSR count). The number of hydrogen-bond acceptors (Lipinski definition) is 5. The van der Waals surface area contributed by atoms with E-state index in [4.69, 9.17) is 4.42 Å². The number of nitrogens with one attached hydrogen (secondary N) is 1. The molecule has 0 radical (unpaired) electrons. The van der Waals surface area contributed by atoms with Crippen LogP contribution in [0.4, 0.5) is 0 Å². The predicted octanol–water partition coefficient (Wildman–Crippen LogP) is 0.618. The van der Waals surface area contributed by atoms with Gasteiger partial charge in [-0.25, -0.2) is 8.42 Å². The van der Waals surface area contributed by atoms with E-state index in [-0.39, 0.29) is 17.5 Å². The highest BCUT2D eigenvalue weighted by Crippen LogP contribution is 2.18. The fraction of sp³-hybridized carbons (Fsp3) is 0.667.